The molecule has 0 fully saturated rings. The molecule has 1 unspecified atom stereocenters. The quantitative estimate of drug-likeness (QED) is 0.246. The molecule has 3 N–H and O–H groups in total. The van der Waals surface area contributed by atoms with E-state index in [0.717, 1.165) is 11.6 Å². The monoisotopic (exact) mass is 483 g/mol. The Labute approximate surface area is 197 Å². The average Bonchev–Trinajstić information content (AvgIpc) is 3.42. The minimum Gasteiger partial charge on any atom is -0.456 e. The van der Waals surface area contributed by atoms with Gasteiger partial charge in [-0.2, -0.15) is 17.7 Å². The molecular formula is C25H19F4N4O2+. The van der Waals surface area contributed by atoms with Crippen LogP contribution in [-0.4, -0.2) is 16.9 Å². The normalized spacial score (nSPS) is 15.2. The number of carbonyl (C=O) groups is 1. The minimum absolute atomic E-state index is 0.0104. The van der Waals surface area contributed by atoms with Crippen molar-refractivity contribution < 1.29 is 31.3 Å². The minimum atomic E-state index is -4.62. The van der Waals surface area contributed by atoms with Crippen LogP contribution in [0.5, 0.6) is 0 Å². The van der Waals surface area contributed by atoms with Crippen LogP contribution in [0, 0.1) is 5.82 Å². The highest BCUT2D eigenvalue weighted by Gasteiger charge is 2.42. The molecule has 0 bridgehead atoms. The molecule has 178 valence electrons. The number of hydrogen-bond acceptors (Lipinski definition) is 5. The number of rotatable bonds is 5. The van der Waals surface area contributed by atoms with E-state index in [0.29, 0.717) is 17.9 Å². The van der Waals surface area contributed by atoms with Crippen LogP contribution < -0.4 is 15.6 Å². The number of furan rings is 1. The Kier molecular flexibility index (Phi) is 5.50. The SMILES string of the molecule is Nc1cccc(-c2c[n+]3c(c(Cc4ccccc4)n2)NC(Cc2ccc(C(F)(F)F)o2)C3=O)c1F. The molecule has 0 radical (unpaired) electrons. The maximum atomic E-state index is 14.8. The molecule has 6 nitrogen and oxygen atoms in total. The third-order valence-electron chi connectivity index (χ3n) is 5.73. The zero-order valence-electron chi connectivity index (χ0n) is 18.1. The van der Waals surface area contributed by atoms with Gasteiger partial charge in [0.25, 0.3) is 0 Å². The first-order valence-corrected chi connectivity index (χ1v) is 10.7. The van der Waals surface area contributed by atoms with Crippen molar-refractivity contribution in [3.05, 3.63) is 95.5 Å². The summed E-state index contributed by atoms with van der Waals surface area (Å²) < 4.78 is 59.7. The lowest BCUT2D eigenvalue weighted by atomic mass is 10.1. The molecule has 2 aromatic carbocycles. The van der Waals surface area contributed by atoms with Gasteiger partial charge in [0.1, 0.15) is 23.3 Å². The molecule has 1 aliphatic rings. The van der Waals surface area contributed by atoms with Crippen molar-refractivity contribution in [3.8, 4) is 11.3 Å². The first-order valence-electron chi connectivity index (χ1n) is 10.7. The summed E-state index contributed by atoms with van der Waals surface area (Å²) in [5.74, 6) is -1.81. The number of hydrogen-bond donors (Lipinski definition) is 2. The Morgan fingerprint density at radius 3 is 2.54 bits per heavy atom. The van der Waals surface area contributed by atoms with Gasteiger partial charge in [0.15, 0.2) is 5.82 Å². The van der Waals surface area contributed by atoms with E-state index in [1.54, 1.807) is 6.07 Å². The zero-order valence-corrected chi connectivity index (χ0v) is 18.1. The smallest absolute Gasteiger partial charge is 0.449 e. The van der Waals surface area contributed by atoms with Crippen LogP contribution in [0.2, 0.25) is 0 Å². The summed E-state index contributed by atoms with van der Waals surface area (Å²) in [6.45, 7) is 0. The summed E-state index contributed by atoms with van der Waals surface area (Å²) in [5, 5.41) is 3.07. The second kappa shape index (κ2) is 8.53. The highest BCUT2D eigenvalue weighted by atomic mass is 19.4. The van der Waals surface area contributed by atoms with Crippen molar-refractivity contribution in [1.82, 2.24) is 4.98 Å². The molecular weight excluding hydrogens is 464 g/mol. The predicted molar refractivity (Wildman–Crippen MR) is 119 cm³/mol. The van der Waals surface area contributed by atoms with E-state index in [9.17, 15) is 22.4 Å². The summed E-state index contributed by atoms with van der Waals surface area (Å²) in [5.41, 5.74) is 7.39. The molecule has 0 saturated heterocycles. The number of fused-ring (bicyclic) bond motifs is 1. The van der Waals surface area contributed by atoms with Crippen molar-refractivity contribution in [2.24, 2.45) is 0 Å². The summed E-state index contributed by atoms with van der Waals surface area (Å²) in [7, 11) is 0. The number of nitrogens with one attached hydrogen (secondary N) is 1. The lowest BCUT2D eigenvalue weighted by molar-refractivity contribution is -0.552. The molecule has 5 rings (SSSR count). The predicted octanol–water partition coefficient (Wildman–Crippen LogP) is 4.64. The fourth-order valence-corrected chi connectivity index (χ4v) is 4.04. The van der Waals surface area contributed by atoms with Crippen LogP contribution in [0.4, 0.5) is 29.1 Å². The highest BCUT2D eigenvalue weighted by molar-refractivity contribution is 5.82. The maximum absolute atomic E-state index is 14.8. The summed E-state index contributed by atoms with van der Waals surface area (Å²) >= 11 is 0. The zero-order chi connectivity index (χ0) is 24.7. The number of halogens is 4. The topological polar surface area (TPSA) is 85.0 Å². The van der Waals surface area contributed by atoms with Gasteiger partial charge in [-0.05, 0) is 29.8 Å². The van der Waals surface area contributed by atoms with E-state index in [1.807, 2.05) is 30.3 Å². The van der Waals surface area contributed by atoms with Gasteiger partial charge in [0.05, 0.1) is 12.1 Å². The van der Waals surface area contributed by atoms with Crippen molar-refractivity contribution in [3.63, 3.8) is 0 Å². The van der Waals surface area contributed by atoms with Crippen LogP contribution >= 0.6 is 0 Å². The number of aromatic nitrogens is 2. The highest BCUT2D eigenvalue weighted by Crippen LogP contribution is 2.32. The van der Waals surface area contributed by atoms with Gasteiger partial charge < -0.3 is 10.2 Å². The van der Waals surface area contributed by atoms with Crippen LogP contribution in [0.25, 0.3) is 11.3 Å². The van der Waals surface area contributed by atoms with Crippen LogP contribution in [0.15, 0.2) is 71.3 Å². The Morgan fingerprint density at radius 1 is 1.06 bits per heavy atom. The molecule has 4 aromatic rings. The van der Waals surface area contributed by atoms with Gasteiger partial charge in [-0.15, -0.1) is 0 Å². The van der Waals surface area contributed by atoms with Gasteiger partial charge in [-0.3, -0.25) is 5.32 Å². The number of nitrogens with zero attached hydrogens (tertiary/aromatic N) is 2. The summed E-state index contributed by atoms with van der Waals surface area (Å²) in [6.07, 6.45) is -2.99. The molecule has 1 aliphatic heterocycles. The maximum Gasteiger partial charge on any atom is 0.449 e. The summed E-state index contributed by atoms with van der Waals surface area (Å²) in [6, 6.07) is 15.0. The van der Waals surface area contributed by atoms with Crippen molar-refractivity contribution in [2.75, 3.05) is 11.1 Å². The van der Waals surface area contributed by atoms with Gasteiger partial charge in [-0.25, -0.2) is 14.2 Å². The van der Waals surface area contributed by atoms with Gasteiger partial charge in [-0.1, -0.05) is 36.4 Å². The van der Waals surface area contributed by atoms with Crippen molar-refractivity contribution in [2.45, 2.75) is 25.1 Å². The standard InChI is InChI=1S/C25H18F4N4O2/c26-22-16(7-4-8-17(22)30)20-13-33-23(18(31-20)11-14-5-2-1-3-6-14)32-19(24(33)34)12-15-9-10-21(35-15)25(27,28)29/h1-10,13,19H,11-12,30H2/p+1. The molecule has 1 atom stereocenters. The molecule has 10 heteroatoms. The molecule has 0 spiro atoms. The number of benzene rings is 2. The molecule has 3 heterocycles. The number of alkyl halides is 3. The van der Waals surface area contributed by atoms with E-state index in [1.165, 1.54) is 29.0 Å². The first-order chi connectivity index (χ1) is 16.7. The Morgan fingerprint density at radius 2 is 1.83 bits per heavy atom. The lowest BCUT2D eigenvalue weighted by Gasteiger charge is -2.08. The number of nitrogen functional groups attached to an aromatic ring is 1. The third kappa shape index (κ3) is 4.34. The lowest BCUT2D eigenvalue weighted by Crippen LogP contribution is -2.44. The second-order valence-electron chi connectivity index (χ2n) is 8.17. The van der Waals surface area contributed by atoms with Crippen LogP contribution in [0.3, 0.4) is 0 Å². The van der Waals surface area contributed by atoms with E-state index in [-0.39, 0.29) is 29.1 Å². The van der Waals surface area contributed by atoms with Gasteiger partial charge in [0, 0.05) is 12.0 Å². The van der Waals surface area contributed by atoms with Crippen molar-refractivity contribution in [1.29, 1.82) is 0 Å². The fraction of sp³-hybridized carbons (Fsp3) is 0.160. The van der Waals surface area contributed by atoms with Crippen molar-refractivity contribution >= 4 is 17.4 Å². The third-order valence-corrected chi connectivity index (χ3v) is 5.73. The Hall–Kier alpha value is -4.21. The largest absolute Gasteiger partial charge is 0.456 e. The molecule has 0 amide bonds. The van der Waals surface area contributed by atoms with Gasteiger partial charge >= 0.3 is 17.9 Å². The number of anilines is 2. The van der Waals surface area contributed by atoms with Crippen LogP contribution in [0.1, 0.15) is 27.6 Å². The second-order valence-corrected chi connectivity index (χ2v) is 8.17. The number of nitrogens with two attached hydrogens (primary N) is 1. The fourth-order valence-electron chi connectivity index (χ4n) is 4.04. The van der Waals surface area contributed by atoms with E-state index in [4.69, 9.17) is 10.2 Å². The Balaban J connectivity index is 1.54. The average molecular weight is 483 g/mol. The first kappa shape index (κ1) is 22.6. The van der Waals surface area contributed by atoms with Crippen LogP contribution in [-0.2, 0) is 19.0 Å². The van der Waals surface area contributed by atoms with Gasteiger partial charge in [0.2, 0.25) is 11.8 Å². The number of carbonyl (C=O) groups excluding carboxylic acids is 1. The molecule has 35 heavy (non-hydrogen) atoms. The van der Waals surface area contributed by atoms with E-state index in [2.05, 4.69) is 10.3 Å². The molecule has 2 aromatic heterocycles. The molecule has 0 saturated carbocycles. The molecule has 0 aliphatic carbocycles. The summed E-state index contributed by atoms with van der Waals surface area (Å²) in [4.78, 5) is 17.9. The van der Waals surface area contributed by atoms with E-state index >= 15 is 0 Å². The Bertz CT molecular complexity index is 1420. The van der Waals surface area contributed by atoms with E-state index < -0.39 is 29.7 Å².